The number of ether oxygens (including phenoxy) is 1. The fraction of sp³-hybridized carbons (Fsp3) is 0.500. The summed E-state index contributed by atoms with van der Waals surface area (Å²) in [4.78, 5) is 26.8. The smallest absolute Gasteiger partial charge is 0.406 e. The minimum Gasteiger partial charge on any atom is -0.406 e. The van der Waals surface area contributed by atoms with E-state index in [4.69, 9.17) is 10.7 Å². The van der Waals surface area contributed by atoms with Gasteiger partial charge in [-0.2, -0.15) is 13.2 Å². The van der Waals surface area contributed by atoms with Gasteiger partial charge in [-0.05, 0) is 68.2 Å². The molecule has 0 unspecified atom stereocenters. The van der Waals surface area contributed by atoms with Gasteiger partial charge in [0.1, 0.15) is 17.1 Å². The molecule has 1 saturated carbocycles. The number of imidazole rings is 1. The van der Waals surface area contributed by atoms with Crippen LogP contribution < -0.4 is 10.5 Å². The highest BCUT2D eigenvalue weighted by Crippen LogP contribution is 2.46. The number of carbonyl (C=O) groups is 1. The number of anilines is 1. The number of H-pyrrole nitrogens is 1. The van der Waals surface area contributed by atoms with Crippen molar-refractivity contribution in [1.82, 2.24) is 19.9 Å². The van der Waals surface area contributed by atoms with Crippen LogP contribution in [0.2, 0.25) is 0 Å². The molecule has 0 spiro atoms. The number of alkyl halides is 6. The highest BCUT2D eigenvalue weighted by molar-refractivity contribution is 5.99. The van der Waals surface area contributed by atoms with Crippen LogP contribution in [0.1, 0.15) is 72.1 Å². The first-order valence-corrected chi connectivity index (χ1v) is 12.8. The number of benzene rings is 1. The van der Waals surface area contributed by atoms with Crippen molar-refractivity contribution in [2.24, 2.45) is 0 Å². The SMILES string of the molecule is Nc1cc(OC(F)(F)F)ccc1C(=O)N1CCC(c2ccnc3[nH]c(C4CCC(O)(C(F)(F)F)CC4)nc23)CC1. The quantitative estimate of drug-likeness (QED) is 0.285. The normalized spacial score (nSPS) is 23.0. The van der Waals surface area contributed by atoms with E-state index in [9.17, 15) is 36.2 Å². The highest BCUT2D eigenvalue weighted by Gasteiger charge is 2.55. The Morgan fingerprint density at radius 2 is 1.73 bits per heavy atom. The third kappa shape index (κ3) is 5.54. The molecule has 1 amide bonds. The van der Waals surface area contributed by atoms with E-state index in [0.29, 0.717) is 42.9 Å². The molecule has 1 aliphatic carbocycles. The highest BCUT2D eigenvalue weighted by atomic mass is 19.4. The van der Waals surface area contributed by atoms with Crippen LogP contribution in [0.4, 0.5) is 32.0 Å². The summed E-state index contributed by atoms with van der Waals surface area (Å²) < 4.78 is 80.8. The van der Waals surface area contributed by atoms with Crippen molar-refractivity contribution < 1.29 is 41.0 Å². The first-order valence-electron chi connectivity index (χ1n) is 12.8. The molecule has 4 N–H and O–H groups in total. The van der Waals surface area contributed by atoms with Crippen LogP contribution in [0.25, 0.3) is 11.2 Å². The van der Waals surface area contributed by atoms with Gasteiger partial charge in [0.15, 0.2) is 11.2 Å². The number of hydrogen-bond donors (Lipinski definition) is 3. The summed E-state index contributed by atoms with van der Waals surface area (Å²) in [5.41, 5.74) is 5.20. The van der Waals surface area contributed by atoms with Crippen molar-refractivity contribution in [1.29, 1.82) is 0 Å². The van der Waals surface area contributed by atoms with Gasteiger partial charge in [-0.3, -0.25) is 4.79 Å². The van der Waals surface area contributed by atoms with E-state index >= 15 is 0 Å². The average Bonchev–Trinajstić information content (AvgIpc) is 3.32. The number of carbonyl (C=O) groups excluding carboxylic acids is 1. The summed E-state index contributed by atoms with van der Waals surface area (Å²) in [6.07, 6.45) is -7.26. The van der Waals surface area contributed by atoms with Gasteiger partial charge in [-0.25, -0.2) is 9.97 Å². The maximum Gasteiger partial charge on any atom is 0.573 e. The molecule has 2 fully saturated rings. The van der Waals surface area contributed by atoms with Crippen LogP contribution in [0, 0.1) is 0 Å². The van der Waals surface area contributed by atoms with Gasteiger partial charge in [0.2, 0.25) is 0 Å². The molecule has 216 valence electrons. The molecule has 14 heteroatoms. The Kier molecular flexibility index (Phi) is 7.09. The second kappa shape index (κ2) is 10.1. The predicted octanol–water partition coefficient (Wildman–Crippen LogP) is 5.41. The maximum atomic E-state index is 13.2. The molecule has 5 rings (SSSR count). The molecule has 0 bridgehead atoms. The Morgan fingerprint density at radius 3 is 2.33 bits per heavy atom. The van der Waals surface area contributed by atoms with Gasteiger partial charge in [0.05, 0.1) is 5.56 Å². The number of hydrogen-bond acceptors (Lipinski definition) is 6. The van der Waals surface area contributed by atoms with Crippen LogP contribution in [-0.4, -0.2) is 62.1 Å². The van der Waals surface area contributed by atoms with Crippen molar-refractivity contribution in [2.75, 3.05) is 18.8 Å². The average molecular weight is 572 g/mol. The number of fused-ring (bicyclic) bond motifs is 1. The number of aromatic nitrogens is 3. The van der Waals surface area contributed by atoms with E-state index in [1.807, 2.05) is 6.07 Å². The number of nitrogens with zero attached hydrogens (tertiary/aromatic N) is 3. The first-order chi connectivity index (χ1) is 18.7. The number of aromatic amines is 1. The lowest BCUT2D eigenvalue weighted by Gasteiger charge is -2.36. The monoisotopic (exact) mass is 571 g/mol. The van der Waals surface area contributed by atoms with E-state index in [0.717, 1.165) is 17.7 Å². The number of halogens is 6. The number of rotatable bonds is 4. The third-order valence-electron chi connectivity index (χ3n) is 7.87. The summed E-state index contributed by atoms with van der Waals surface area (Å²) in [6, 6.07) is 5.06. The van der Waals surface area contributed by atoms with E-state index < -0.39 is 42.6 Å². The molecule has 8 nitrogen and oxygen atoms in total. The second-order valence-corrected chi connectivity index (χ2v) is 10.4. The molecule has 2 aromatic heterocycles. The Balaban J connectivity index is 1.25. The minimum atomic E-state index is -4.87. The first kappa shape index (κ1) is 28.0. The summed E-state index contributed by atoms with van der Waals surface area (Å²) in [5, 5.41) is 9.98. The maximum absolute atomic E-state index is 13.2. The van der Waals surface area contributed by atoms with Crippen molar-refractivity contribution in [3.05, 3.63) is 47.4 Å². The van der Waals surface area contributed by atoms with Crippen LogP contribution >= 0.6 is 0 Å². The van der Waals surface area contributed by atoms with Gasteiger partial charge in [-0.1, -0.05) is 0 Å². The lowest BCUT2D eigenvalue weighted by molar-refractivity contribution is -0.274. The molecule has 2 aliphatic rings. The number of likely N-dealkylation sites (tertiary alicyclic amines) is 1. The van der Waals surface area contributed by atoms with Crippen molar-refractivity contribution >= 4 is 22.8 Å². The number of nitrogens with two attached hydrogens (primary N) is 1. The molecule has 40 heavy (non-hydrogen) atoms. The Hall–Kier alpha value is -3.55. The summed E-state index contributed by atoms with van der Waals surface area (Å²) in [7, 11) is 0. The summed E-state index contributed by atoms with van der Waals surface area (Å²) in [5.74, 6) is -0.591. The zero-order valence-corrected chi connectivity index (χ0v) is 21.1. The lowest BCUT2D eigenvalue weighted by Crippen LogP contribution is -2.47. The van der Waals surface area contributed by atoms with Gasteiger partial charge in [0, 0.05) is 37.0 Å². The topological polar surface area (TPSA) is 117 Å². The number of piperidine rings is 1. The fourth-order valence-electron chi connectivity index (χ4n) is 5.62. The van der Waals surface area contributed by atoms with E-state index in [1.165, 1.54) is 6.07 Å². The Labute approximate surface area is 224 Å². The minimum absolute atomic E-state index is 0.0345. The zero-order valence-electron chi connectivity index (χ0n) is 21.1. The number of nitrogen functional groups attached to an aromatic ring is 1. The molecular formula is C26H27F6N5O3. The second-order valence-electron chi connectivity index (χ2n) is 10.4. The van der Waals surface area contributed by atoms with E-state index in [2.05, 4.69) is 14.7 Å². The molecule has 1 aliphatic heterocycles. The van der Waals surface area contributed by atoms with Crippen molar-refractivity contribution in [3.63, 3.8) is 0 Å². The van der Waals surface area contributed by atoms with Gasteiger partial charge in [0.25, 0.3) is 5.91 Å². The van der Waals surface area contributed by atoms with Gasteiger partial charge in [-0.15, -0.1) is 13.2 Å². The number of nitrogens with one attached hydrogen (secondary N) is 1. The summed E-state index contributed by atoms with van der Waals surface area (Å²) in [6.45, 7) is 0.757. The predicted molar refractivity (Wildman–Crippen MR) is 132 cm³/mol. The zero-order chi connectivity index (χ0) is 28.9. The molecular weight excluding hydrogens is 544 g/mol. The fourth-order valence-corrected chi connectivity index (χ4v) is 5.62. The number of aliphatic hydroxyl groups is 1. The van der Waals surface area contributed by atoms with E-state index in [1.54, 1.807) is 11.1 Å². The Bertz CT molecular complexity index is 1390. The van der Waals surface area contributed by atoms with Crippen molar-refractivity contribution in [2.45, 2.75) is 68.5 Å². The van der Waals surface area contributed by atoms with Crippen LogP contribution in [0.5, 0.6) is 5.75 Å². The molecule has 0 atom stereocenters. The van der Waals surface area contributed by atoms with Crippen LogP contribution in [0.3, 0.4) is 0 Å². The van der Waals surface area contributed by atoms with Gasteiger partial charge >= 0.3 is 12.5 Å². The molecule has 1 aromatic carbocycles. The summed E-state index contributed by atoms with van der Waals surface area (Å²) >= 11 is 0. The van der Waals surface area contributed by atoms with Crippen LogP contribution in [0.15, 0.2) is 30.5 Å². The Morgan fingerprint density at radius 1 is 1.05 bits per heavy atom. The third-order valence-corrected chi connectivity index (χ3v) is 7.87. The molecule has 3 aromatic rings. The van der Waals surface area contributed by atoms with Gasteiger partial charge < -0.3 is 25.5 Å². The number of amides is 1. The molecule has 1 saturated heterocycles. The molecule has 3 heterocycles. The van der Waals surface area contributed by atoms with Crippen molar-refractivity contribution in [3.8, 4) is 5.75 Å². The largest absolute Gasteiger partial charge is 0.573 e. The standard InChI is InChI=1S/C26H27F6N5O3/c27-25(28,29)24(39)8-3-15(4-9-24)21-35-20-17(5-10-34-22(20)36-21)14-6-11-37(12-7-14)23(38)18-2-1-16(13-19(18)33)40-26(30,31)32/h1-2,5,10,13-15,39H,3-4,6-9,11-12,33H2,(H,34,35,36). The van der Waals surface area contributed by atoms with Crippen LogP contribution in [-0.2, 0) is 0 Å². The lowest BCUT2D eigenvalue weighted by atomic mass is 9.78. The van der Waals surface area contributed by atoms with E-state index in [-0.39, 0.29) is 35.9 Å². The number of pyridine rings is 1. The molecule has 0 radical (unpaired) electrons.